The van der Waals surface area contributed by atoms with Crippen molar-refractivity contribution in [2.24, 2.45) is 5.73 Å². The number of aliphatic carboxylic acids is 1. The van der Waals surface area contributed by atoms with Crippen LogP contribution in [0.3, 0.4) is 0 Å². The molecule has 0 heterocycles. The molecule has 1 atom stereocenters. The predicted octanol–water partition coefficient (Wildman–Crippen LogP) is 2.43. The maximum absolute atomic E-state index is 10.6. The Bertz CT molecular complexity index is 390. The van der Waals surface area contributed by atoms with Crippen LogP contribution in [0, 0.1) is 13.8 Å². The molecule has 3 N–H and O–H groups in total. The molecule has 0 aliphatic carbocycles. The Labute approximate surface area is 93.9 Å². The topological polar surface area (TPSA) is 63.3 Å². The molecule has 0 aliphatic rings. The Morgan fingerprint density at radius 2 is 2.13 bits per heavy atom. The summed E-state index contributed by atoms with van der Waals surface area (Å²) < 4.78 is 0. The van der Waals surface area contributed by atoms with Gasteiger partial charge in [0, 0.05) is 11.1 Å². The molecule has 0 saturated carbocycles. The number of rotatable bonds is 3. The first-order chi connectivity index (χ1) is 6.93. The normalized spacial score (nSPS) is 12.5. The third-order valence-corrected chi connectivity index (χ3v) is 2.84. The second-order valence-electron chi connectivity index (χ2n) is 3.61. The second-order valence-corrected chi connectivity index (χ2v) is 4.01. The van der Waals surface area contributed by atoms with E-state index in [1.54, 1.807) is 6.07 Å². The van der Waals surface area contributed by atoms with E-state index in [1.165, 1.54) is 0 Å². The minimum Gasteiger partial charge on any atom is -0.481 e. The molecule has 4 heteroatoms. The fraction of sp³-hybridized carbons (Fsp3) is 0.364. The molecular formula is C11H14ClNO2. The molecule has 1 rings (SSSR count). The van der Waals surface area contributed by atoms with Gasteiger partial charge in [-0.2, -0.15) is 0 Å². The smallest absolute Gasteiger partial charge is 0.305 e. The van der Waals surface area contributed by atoms with E-state index in [4.69, 9.17) is 22.4 Å². The molecule has 1 unspecified atom stereocenters. The third kappa shape index (κ3) is 2.70. The van der Waals surface area contributed by atoms with Gasteiger partial charge in [0.25, 0.3) is 0 Å². The molecule has 0 fully saturated rings. The molecule has 0 aliphatic heterocycles. The number of benzene rings is 1. The summed E-state index contributed by atoms with van der Waals surface area (Å²) in [5, 5.41) is 9.31. The van der Waals surface area contributed by atoms with Gasteiger partial charge in [0.05, 0.1) is 6.42 Å². The Balaban J connectivity index is 3.12. The molecule has 1 aromatic rings. The lowest BCUT2D eigenvalue weighted by Gasteiger charge is -2.16. The van der Waals surface area contributed by atoms with Crippen molar-refractivity contribution in [3.8, 4) is 0 Å². The monoisotopic (exact) mass is 227 g/mol. The van der Waals surface area contributed by atoms with Crippen LogP contribution >= 0.6 is 11.6 Å². The van der Waals surface area contributed by atoms with Gasteiger partial charge in [-0.1, -0.05) is 17.7 Å². The summed E-state index contributed by atoms with van der Waals surface area (Å²) in [6.45, 7) is 3.76. The van der Waals surface area contributed by atoms with Crippen LogP contribution in [0.25, 0.3) is 0 Å². The fourth-order valence-corrected chi connectivity index (χ4v) is 1.86. The van der Waals surface area contributed by atoms with Crippen molar-refractivity contribution in [1.29, 1.82) is 0 Å². The molecule has 0 spiro atoms. The zero-order valence-corrected chi connectivity index (χ0v) is 9.51. The summed E-state index contributed by atoms with van der Waals surface area (Å²) in [6.07, 6.45) is -0.0813. The van der Waals surface area contributed by atoms with E-state index in [9.17, 15) is 4.79 Å². The molecule has 15 heavy (non-hydrogen) atoms. The molecular weight excluding hydrogens is 214 g/mol. The zero-order chi connectivity index (χ0) is 11.6. The standard InChI is InChI=1S/C11H14ClNO2/c1-6-3-4-8(12)7(2)11(6)9(13)5-10(14)15/h3-4,9H,5,13H2,1-2H3,(H,14,15). The quantitative estimate of drug-likeness (QED) is 0.834. The van der Waals surface area contributed by atoms with Crippen LogP contribution < -0.4 is 5.73 Å². The van der Waals surface area contributed by atoms with E-state index >= 15 is 0 Å². The Hall–Kier alpha value is -1.06. The van der Waals surface area contributed by atoms with Gasteiger partial charge in [-0.15, -0.1) is 0 Å². The molecule has 3 nitrogen and oxygen atoms in total. The van der Waals surface area contributed by atoms with Crippen LogP contribution in [0.4, 0.5) is 0 Å². The van der Waals surface area contributed by atoms with Crippen molar-refractivity contribution in [3.63, 3.8) is 0 Å². The molecule has 0 amide bonds. The first-order valence-electron chi connectivity index (χ1n) is 4.66. The number of hydrogen-bond acceptors (Lipinski definition) is 2. The van der Waals surface area contributed by atoms with Gasteiger partial charge >= 0.3 is 5.97 Å². The van der Waals surface area contributed by atoms with Crippen molar-refractivity contribution in [1.82, 2.24) is 0 Å². The number of aryl methyl sites for hydroxylation is 1. The first kappa shape index (κ1) is 12.0. The summed E-state index contributed by atoms with van der Waals surface area (Å²) in [6, 6.07) is 3.15. The highest BCUT2D eigenvalue weighted by Gasteiger charge is 2.16. The van der Waals surface area contributed by atoms with Crippen molar-refractivity contribution >= 4 is 17.6 Å². The lowest BCUT2D eigenvalue weighted by atomic mass is 9.95. The summed E-state index contributed by atoms with van der Waals surface area (Å²) in [5.41, 5.74) is 8.51. The minimum absolute atomic E-state index is 0.0813. The highest BCUT2D eigenvalue weighted by Crippen LogP contribution is 2.27. The Morgan fingerprint density at radius 1 is 1.53 bits per heavy atom. The highest BCUT2D eigenvalue weighted by molar-refractivity contribution is 6.31. The van der Waals surface area contributed by atoms with Crippen molar-refractivity contribution in [3.05, 3.63) is 33.8 Å². The van der Waals surface area contributed by atoms with Crippen LogP contribution in [0.2, 0.25) is 5.02 Å². The minimum atomic E-state index is -0.902. The third-order valence-electron chi connectivity index (χ3n) is 2.43. The maximum atomic E-state index is 10.6. The molecule has 0 saturated heterocycles. The predicted molar refractivity (Wildman–Crippen MR) is 60.1 cm³/mol. The van der Waals surface area contributed by atoms with Crippen molar-refractivity contribution in [2.75, 3.05) is 0 Å². The van der Waals surface area contributed by atoms with Gasteiger partial charge in [0.2, 0.25) is 0 Å². The lowest BCUT2D eigenvalue weighted by molar-refractivity contribution is -0.137. The average Bonchev–Trinajstić information content (AvgIpc) is 2.11. The van der Waals surface area contributed by atoms with Crippen molar-refractivity contribution < 1.29 is 9.90 Å². The molecule has 0 aromatic heterocycles. The number of carboxylic acid groups (broad SMARTS) is 1. The summed E-state index contributed by atoms with van der Waals surface area (Å²) >= 11 is 5.96. The van der Waals surface area contributed by atoms with Gasteiger partial charge in [0.15, 0.2) is 0 Å². The van der Waals surface area contributed by atoms with E-state index in [0.29, 0.717) is 5.02 Å². The SMILES string of the molecule is Cc1ccc(Cl)c(C)c1C(N)CC(=O)O. The fourth-order valence-electron chi connectivity index (χ4n) is 1.70. The molecule has 82 valence electrons. The van der Waals surface area contributed by atoms with E-state index < -0.39 is 12.0 Å². The van der Waals surface area contributed by atoms with Gasteiger partial charge in [-0.05, 0) is 36.6 Å². The first-order valence-corrected chi connectivity index (χ1v) is 5.04. The maximum Gasteiger partial charge on any atom is 0.305 e. The number of halogens is 1. The highest BCUT2D eigenvalue weighted by atomic mass is 35.5. The van der Waals surface area contributed by atoms with Crippen LogP contribution in [0.1, 0.15) is 29.2 Å². The van der Waals surface area contributed by atoms with Gasteiger partial charge < -0.3 is 10.8 Å². The van der Waals surface area contributed by atoms with E-state index in [-0.39, 0.29) is 6.42 Å². The Morgan fingerprint density at radius 3 is 2.67 bits per heavy atom. The number of nitrogens with two attached hydrogens (primary N) is 1. The van der Waals surface area contributed by atoms with E-state index in [0.717, 1.165) is 16.7 Å². The average molecular weight is 228 g/mol. The number of hydrogen-bond donors (Lipinski definition) is 2. The second kappa shape index (κ2) is 4.64. The molecule has 1 aromatic carbocycles. The van der Waals surface area contributed by atoms with Crippen molar-refractivity contribution in [2.45, 2.75) is 26.3 Å². The van der Waals surface area contributed by atoms with Gasteiger partial charge in [-0.3, -0.25) is 4.79 Å². The lowest BCUT2D eigenvalue weighted by Crippen LogP contribution is -2.17. The summed E-state index contributed by atoms with van der Waals surface area (Å²) in [4.78, 5) is 10.6. The van der Waals surface area contributed by atoms with Crippen LogP contribution in [-0.2, 0) is 4.79 Å². The van der Waals surface area contributed by atoms with Crippen LogP contribution in [-0.4, -0.2) is 11.1 Å². The van der Waals surface area contributed by atoms with Gasteiger partial charge in [-0.25, -0.2) is 0 Å². The van der Waals surface area contributed by atoms with Crippen LogP contribution in [0.15, 0.2) is 12.1 Å². The zero-order valence-electron chi connectivity index (χ0n) is 8.75. The van der Waals surface area contributed by atoms with E-state index in [2.05, 4.69) is 0 Å². The summed E-state index contributed by atoms with van der Waals surface area (Å²) in [7, 11) is 0. The summed E-state index contributed by atoms with van der Waals surface area (Å²) in [5.74, 6) is -0.902. The largest absolute Gasteiger partial charge is 0.481 e. The number of carboxylic acids is 1. The molecule has 0 radical (unpaired) electrons. The van der Waals surface area contributed by atoms with E-state index in [1.807, 2.05) is 19.9 Å². The number of carbonyl (C=O) groups is 1. The molecule has 0 bridgehead atoms. The Kier molecular flexibility index (Phi) is 3.72. The van der Waals surface area contributed by atoms with Crippen LogP contribution in [0.5, 0.6) is 0 Å². The van der Waals surface area contributed by atoms with Gasteiger partial charge in [0.1, 0.15) is 0 Å².